The molecule has 0 rings (SSSR count). The van der Waals surface area contributed by atoms with E-state index in [2.05, 4.69) is 21.3 Å². The van der Waals surface area contributed by atoms with E-state index in [1.54, 1.807) is 7.05 Å². The molecular formula is C18H30N4O6. The third-order valence-corrected chi connectivity index (χ3v) is 3.92. The minimum absolute atomic E-state index is 0.255. The molecule has 10 heteroatoms. The van der Waals surface area contributed by atoms with E-state index in [4.69, 9.17) is 5.11 Å². The van der Waals surface area contributed by atoms with Gasteiger partial charge in [-0.3, -0.25) is 14.4 Å². The highest BCUT2D eigenvalue weighted by atomic mass is 16.4. The Morgan fingerprint density at radius 1 is 0.964 bits per heavy atom. The zero-order valence-electron chi connectivity index (χ0n) is 16.1. The summed E-state index contributed by atoms with van der Waals surface area (Å²) >= 11 is 0. The molecule has 0 aromatic rings. The second-order valence-corrected chi connectivity index (χ2v) is 6.12. The smallest absolute Gasteiger partial charge is 0.328 e. The summed E-state index contributed by atoms with van der Waals surface area (Å²) in [6.45, 7) is 0.900. The van der Waals surface area contributed by atoms with Crippen LogP contribution in [-0.2, 0) is 24.0 Å². The van der Waals surface area contributed by atoms with Gasteiger partial charge in [0.25, 0.3) is 0 Å². The van der Waals surface area contributed by atoms with Crippen molar-refractivity contribution in [3.8, 4) is 0 Å². The second kappa shape index (κ2) is 16.4. The fourth-order valence-electron chi connectivity index (χ4n) is 2.41. The van der Waals surface area contributed by atoms with E-state index in [1.165, 1.54) is 0 Å². The van der Waals surface area contributed by atoms with Crippen LogP contribution in [0.4, 0.5) is 0 Å². The van der Waals surface area contributed by atoms with E-state index < -0.39 is 24.0 Å². The maximum atomic E-state index is 12.3. The number of carboxylic acid groups (broad SMARTS) is 1. The molecule has 0 spiro atoms. The summed E-state index contributed by atoms with van der Waals surface area (Å²) in [5.41, 5.74) is 0. The van der Waals surface area contributed by atoms with Gasteiger partial charge in [0, 0.05) is 25.2 Å². The van der Waals surface area contributed by atoms with E-state index in [1.807, 2.05) is 0 Å². The monoisotopic (exact) mass is 398 g/mol. The lowest BCUT2D eigenvalue weighted by molar-refractivity contribution is -0.131. The molecule has 0 aliphatic heterocycles. The third-order valence-electron chi connectivity index (χ3n) is 3.92. The Balaban J connectivity index is 4.08. The van der Waals surface area contributed by atoms with Crippen LogP contribution < -0.4 is 21.3 Å². The molecule has 0 aliphatic rings. The highest BCUT2D eigenvalue weighted by molar-refractivity contribution is 5.93. The van der Waals surface area contributed by atoms with Gasteiger partial charge in [-0.15, -0.1) is 0 Å². The van der Waals surface area contributed by atoms with Gasteiger partial charge < -0.3 is 31.2 Å². The highest BCUT2D eigenvalue weighted by Crippen LogP contribution is 2.03. The molecule has 2 atom stereocenters. The molecule has 0 saturated carbocycles. The first-order valence-electron chi connectivity index (χ1n) is 9.23. The fourth-order valence-corrected chi connectivity index (χ4v) is 2.41. The van der Waals surface area contributed by atoms with Gasteiger partial charge in [0.15, 0.2) is 0 Å². The molecule has 0 aromatic heterocycles. The van der Waals surface area contributed by atoms with Crippen molar-refractivity contribution < 1.29 is 29.1 Å². The molecule has 5 N–H and O–H groups in total. The number of carbonyl (C=O) groups excluding carboxylic acids is 4. The number of aliphatic carboxylic acids is 1. The van der Waals surface area contributed by atoms with Gasteiger partial charge in [-0.2, -0.15) is 0 Å². The molecule has 28 heavy (non-hydrogen) atoms. The summed E-state index contributed by atoms with van der Waals surface area (Å²) in [6, 6.07) is -1.03. The number of likely N-dealkylation sites (N-methyl/N-ethyl adjacent to an activating group) is 1. The van der Waals surface area contributed by atoms with Crippen LogP contribution in [-0.4, -0.2) is 67.8 Å². The van der Waals surface area contributed by atoms with E-state index in [-0.39, 0.29) is 5.91 Å². The largest absolute Gasteiger partial charge is 0.478 e. The Morgan fingerprint density at radius 2 is 1.64 bits per heavy atom. The molecule has 0 aliphatic carbocycles. The van der Waals surface area contributed by atoms with Crippen LogP contribution in [0.5, 0.6) is 0 Å². The summed E-state index contributed by atoms with van der Waals surface area (Å²) in [6.07, 6.45) is 6.74. The fraction of sp³-hybridized carbons (Fsp3) is 0.611. The summed E-state index contributed by atoms with van der Waals surface area (Å²) in [5.74, 6) is -1.95. The standard InChI is InChI=1S/C18H30N4O6/c1-19-15(7-3-4-10-20-13-24)18(28)22-14(12-23)6-2-5-11-21-16(25)8-9-17(26)27/h8-9,12-15,19H,2-7,10-11H2,1H3,(H,20,24)(H,21,25)(H,22,28)(H,26,27)/b9-8+. The molecule has 2 unspecified atom stereocenters. The summed E-state index contributed by atoms with van der Waals surface area (Å²) < 4.78 is 0. The highest BCUT2D eigenvalue weighted by Gasteiger charge is 2.19. The Kier molecular flexibility index (Phi) is 14.8. The number of hydrogen-bond acceptors (Lipinski definition) is 6. The van der Waals surface area contributed by atoms with Crippen molar-refractivity contribution in [1.29, 1.82) is 0 Å². The van der Waals surface area contributed by atoms with Gasteiger partial charge in [-0.05, 0) is 45.6 Å². The molecule has 10 nitrogen and oxygen atoms in total. The maximum Gasteiger partial charge on any atom is 0.328 e. The van der Waals surface area contributed by atoms with Gasteiger partial charge >= 0.3 is 5.97 Å². The molecule has 158 valence electrons. The average Bonchev–Trinajstić information content (AvgIpc) is 2.67. The van der Waals surface area contributed by atoms with Gasteiger partial charge in [-0.1, -0.05) is 0 Å². The molecule has 3 amide bonds. The maximum absolute atomic E-state index is 12.3. The second-order valence-electron chi connectivity index (χ2n) is 6.12. The Hall–Kier alpha value is -2.75. The predicted octanol–water partition coefficient (Wildman–Crippen LogP) is -0.898. The minimum Gasteiger partial charge on any atom is -0.478 e. The van der Waals surface area contributed by atoms with Crippen molar-refractivity contribution in [3.05, 3.63) is 12.2 Å². The number of hydrogen-bond donors (Lipinski definition) is 5. The molecule has 0 bridgehead atoms. The molecule has 0 radical (unpaired) electrons. The van der Waals surface area contributed by atoms with Crippen molar-refractivity contribution in [2.24, 2.45) is 0 Å². The van der Waals surface area contributed by atoms with E-state index >= 15 is 0 Å². The summed E-state index contributed by atoms with van der Waals surface area (Å²) in [4.78, 5) is 55.2. The van der Waals surface area contributed by atoms with Gasteiger partial charge in [0.2, 0.25) is 18.2 Å². The number of rotatable bonds is 17. The van der Waals surface area contributed by atoms with E-state index in [0.29, 0.717) is 51.5 Å². The topological polar surface area (TPSA) is 154 Å². The molecule has 0 aromatic carbocycles. The van der Waals surface area contributed by atoms with Crippen LogP contribution in [0, 0.1) is 0 Å². The molecule has 0 heterocycles. The predicted molar refractivity (Wildman–Crippen MR) is 102 cm³/mol. The number of aldehydes is 1. The average molecular weight is 398 g/mol. The molecule has 0 fully saturated rings. The first kappa shape index (κ1) is 25.2. The zero-order valence-corrected chi connectivity index (χ0v) is 16.1. The summed E-state index contributed by atoms with van der Waals surface area (Å²) in [7, 11) is 1.67. The van der Waals surface area contributed by atoms with Crippen LogP contribution in [0.2, 0.25) is 0 Å². The zero-order chi connectivity index (χ0) is 21.2. The Labute approximate surface area is 164 Å². The van der Waals surface area contributed by atoms with Crippen molar-refractivity contribution in [1.82, 2.24) is 21.3 Å². The Morgan fingerprint density at radius 3 is 2.25 bits per heavy atom. The lowest BCUT2D eigenvalue weighted by Gasteiger charge is -2.19. The third kappa shape index (κ3) is 13.5. The lowest BCUT2D eigenvalue weighted by Crippen LogP contribution is -2.47. The van der Waals surface area contributed by atoms with Crippen LogP contribution in [0.1, 0.15) is 38.5 Å². The Bertz CT molecular complexity index is 538. The van der Waals surface area contributed by atoms with E-state index in [9.17, 15) is 24.0 Å². The van der Waals surface area contributed by atoms with Gasteiger partial charge in [-0.25, -0.2) is 4.79 Å². The normalized spacial score (nSPS) is 12.8. The minimum atomic E-state index is -1.20. The van der Waals surface area contributed by atoms with Gasteiger partial charge in [0.05, 0.1) is 12.1 Å². The lowest BCUT2D eigenvalue weighted by atomic mass is 10.1. The van der Waals surface area contributed by atoms with Crippen molar-refractivity contribution >= 4 is 30.5 Å². The first-order chi connectivity index (χ1) is 13.4. The first-order valence-corrected chi connectivity index (χ1v) is 9.23. The molecular weight excluding hydrogens is 368 g/mol. The van der Waals surface area contributed by atoms with Crippen molar-refractivity contribution in [2.75, 3.05) is 20.1 Å². The van der Waals surface area contributed by atoms with Crippen LogP contribution in [0.15, 0.2) is 12.2 Å². The number of carbonyl (C=O) groups is 5. The summed E-state index contributed by atoms with van der Waals surface area (Å²) in [5, 5.41) is 19.1. The van der Waals surface area contributed by atoms with Crippen LogP contribution in [0.3, 0.4) is 0 Å². The SMILES string of the molecule is CNC(CCCCNC=O)C(=O)NC(C=O)CCCCNC(=O)/C=C/C(=O)O. The number of unbranched alkanes of at least 4 members (excludes halogenated alkanes) is 2. The van der Waals surface area contributed by atoms with Crippen molar-refractivity contribution in [2.45, 2.75) is 50.6 Å². The van der Waals surface area contributed by atoms with E-state index in [0.717, 1.165) is 25.0 Å². The van der Waals surface area contributed by atoms with Crippen LogP contribution >= 0.6 is 0 Å². The number of nitrogens with one attached hydrogen (secondary N) is 4. The quantitative estimate of drug-likeness (QED) is 0.121. The molecule has 0 saturated heterocycles. The van der Waals surface area contributed by atoms with Crippen molar-refractivity contribution in [3.63, 3.8) is 0 Å². The van der Waals surface area contributed by atoms with Crippen LogP contribution in [0.25, 0.3) is 0 Å². The number of amides is 3. The number of carboxylic acids is 1. The van der Waals surface area contributed by atoms with Gasteiger partial charge in [0.1, 0.15) is 6.29 Å².